The van der Waals surface area contributed by atoms with Crippen LogP contribution in [0.5, 0.6) is 0 Å². The number of nitrogen functional groups attached to an aromatic ring is 1. The molecule has 0 spiro atoms. The number of nitrogens with zero attached hydrogens (tertiary/aromatic N) is 3. The van der Waals surface area contributed by atoms with Gasteiger partial charge in [0.2, 0.25) is 0 Å². The maximum absolute atomic E-state index is 12.1. The molecule has 1 aromatic heterocycles. The molecule has 0 saturated heterocycles. The normalized spacial score (nSPS) is 11.8. The first-order chi connectivity index (χ1) is 8.72. The summed E-state index contributed by atoms with van der Waals surface area (Å²) < 4.78 is 25.9. The highest BCUT2D eigenvalue weighted by molar-refractivity contribution is 7.91. The number of likely N-dealkylation sites (N-methyl/N-ethyl adjacent to an activating group) is 1. The molecule has 0 aromatic carbocycles. The minimum Gasteiger partial charge on any atom is -0.384 e. The van der Waals surface area contributed by atoms with E-state index in [1.54, 1.807) is 17.6 Å². The Balaban J connectivity index is 3.31. The first-order valence-electron chi connectivity index (χ1n) is 5.92. The predicted molar refractivity (Wildman–Crippen MR) is 74.5 cm³/mol. The molecule has 1 rings (SSSR count). The summed E-state index contributed by atoms with van der Waals surface area (Å²) in [5.41, 5.74) is 7.42. The highest BCUT2D eigenvalue weighted by Gasteiger charge is 2.26. The average Bonchev–Trinajstić information content (AvgIpc) is 2.48. The van der Waals surface area contributed by atoms with Crippen molar-refractivity contribution in [3.63, 3.8) is 0 Å². The second kappa shape index (κ2) is 5.63. The number of hydrogen-bond acceptors (Lipinski definition) is 5. The van der Waals surface area contributed by atoms with Gasteiger partial charge < -0.3 is 15.2 Å². The number of nitrogens with two attached hydrogens (primary N) is 1. The Hall–Kier alpha value is -1.52. The highest BCUT2D eigenvalue weighted by atomic mass is 32.2. The molecule has 0 aliphatic heterocycles. The largest absolute Gasteiger partial charge is 0.384 e. The van der Waals surface area contributed by atoms with Gasteiger partial charge in [-0.05, 0) is 33.5 Å². The van der Waals surface area contributed by atoms with Crippen LogP contribution in [0.25, 0.3) is 0 Å². The van der Waals surface area contributed by atoms with Crippen LogP contribution >= 0.6 is 0 Å². The second-order valence-electron chi connectivity index (χ2n) is 4.80. The van der Waals surface area contributed by atoms with Crippen molar-refractivity contribution in [2.75, 3.05) is 32.1 Å². The molecule has 0 aliphatic rings. The summed E-state index contributed by atoms with van der Waals surface area (Å²) in [6.45, 7) is 4.94. The Kier molecular flexibility index (Phi) is 4.61. The molecule has 0 saturated carbocycles. The van der Waals surface area contributed by atoms with E-state index in [4.69, 9.17) is 11.0 Å². The van der Waals surface area contributed by atoms with Crippen LogP contribution in [0.3, 0.4) is 0 Å². The van der Waals surface area contributed by atoms with Crippen molar-refractivity contribution in [3.8, 4) is 6.07 Å². The quantitative estimate of drug-likeness (QED) is 0.852. The van der Waals surface area contributed by atoms with Crippen LogP contribution in [-0.4, -0.2) is 44.3 Å². The van der Waals surface area contributed by atoms with Gasteiger partial charge in [0.1, 0.15) is 16.5 Å². The van der Waals surface area contributed by atoms with Crippen molar-refractivity contribution in [3.05, 3.63) is 11.3 Å². The van der Waals surface area contributed by atoms with Crippen LogP contribution in [0.15, 0.2) is 4.90 Å². The Morgan fingerprint density at radius 3 is 2.42 bits per heavy atom. The monoisotopic (exact) mass is 284 g/mol. The van der Waals surface area contributed by atoms with Gasteiger partial charge >= 0.3 is 0 Å². The topological polar surface area (TPSA) is 92.1 Å². The average molecular weight is 284 g/mol. The van der Waals surface area contributed by atoms with Gasteiger partial charge in [0.15, 0.2) is 9.84 Å². The molecule has 0 atom stereocenters. The second-order valence-corrected chi connectivity index (χ2v) is 6.72. The van der Waals surface area contributed by atoms with Crippen molar-refractivity contribution in [2.24, 2.45) is 0 Å². The van der Waals surface area contributed by atoms with Crippen LogP contribution in [0, 0.1) is 25.2 Å². The highest BCUT2D eigenvalue weighted by Crippen LogP contribution is 2.29. The van der Waals surface area contributed by atoms with Gasteiger partial charge in [0.25, 0.3) is 0 Å². The number of nitriles is 1. The summed E-state index contributed by atoms with van der Waals surface area (Å²) in [5, 5.41) is 8.61. The zero-order chi connectivity index (χ0) is 14.8. The maximum atomic E-state index is 12.1. The molecule has 2 N–H and O–H groups in total. The van der Waals surface area contributed by atoms with Gasteiger partial charge in [-0.3, -0.25) is 0 Å². The summed E-state index contributed by atoms with van der Waals surface area (Å²) in [4.78, 5) is 2.10. The van der Waals surface area contributed by atoms with E-state index < -0.39 is 15.6 Å². The SMILES string of the molecule is Cc1c(S(=O)(=O)CC#N)c(N)n(CCN(C)C)c1C. The Morgan fingerprint density at radius 1 is 1.37 bits per heavy atom. The molecule has 1 aromatic rings. The van der Waals surface area contributed by atoms with Crippen LogP contribution in [0.4, 0.5) is 5.82 Å². The van der Waals surface area contributed by atoms with Crippen molar-refractivity contribution in [1.29, 1.82) is 5.26 Å². The van der Waals surface area contributed by atoms with E-state index in [1.807, 2.05) is 25.9 Å². The van der Waals surface area contributed by atoms with Gasteiger partial charge in [0.05, 0.1) is 6.07 Å². The van der Waals surface area contributed by atoms with Gasteiger partial charge in [-0.25, -0.2) is 8.42 Å². The molecule has 7 heteroatoms. The molecule has 0 fully saturated rings. The van der Waals surface area contributed by atoms with Crippen LogP contribution in [0.1, 0.15) is 11.3 Å². The molecule has 19 heavy (non-hydrogen) atoms. The fourth-order valence-corrected chi connectivity index (χ4v) is 3.36. The molecule has 0 amide bonds. The van der Waals surface area contributed by atoms with Crippen molar-refractivity contribution in [2.45, 2.75) is 25.3 Å². The first kappa shape index (κ1) is 15.5. The lowest BCUT2D eigenvalue weighted by Gasteiger charge is -2.13. The maximum Gasteiger partial charge on any atom is 0.195 e. The molecular formula is C12H20N4O2S. The minimum absolute atomic E-state index is 0.102. The standard InChI is InChI=1S/C12H20N4O2S/c1-9-10(2)16(7-6-15(3)4)12(14)11(9)19(17,18)8-5-13/h6-8,14H2,1-4H3. The third kappa shape index (κ3) is 3.08. The van der Waals surface area contributed by atoms with E-state index in [0.29, 0.717) is 12.1 Å². The van der Waals surface area contributed by atoms with Gasteiger partial charge in [-0.15, -0.1) is 0 Å². The molecular weight excluding hydrogens is 264 g/mol. The van der Waals surface area contributed by atoms with Gasteiger partial charge in [0, 0.05) is 18.8 Å². The Morgan fingerprint density at radius 2 is 1.95 bits per heavy atom. The van der Waals surface area contributed by atoms with Crippen molar-refractivity contribution in [1.82, 2.24) is 9.47 Å². The molecule has 0 bridgehead atoms. The fourth-order valence-electron chi connectivity index (χ4n) is 2.00. The minimum atomic E-state index is -3.63. The molecule has 6 nitrogen and oxygen atoms in total. The number of sulfone groups is 1. The van der Waals surface area contributed by atoms with Crippen molar-refractivity contribution >= 4 is 15.7 Å². The van der Waals surface area contributed by atoms with E-state index >= 15 is 0 Å². The summed E-state index contributed by atoms with van der Waals surface area (Å²) in [6.07, 6.45) is 0. The van der Waals surface area contributed by atoms with E-state index in [0.717, 1.165) is 12.2 Å². The Bertz CT molecular complexity index is 609. The fraction of sp³-hybridized carbons (Fsp3) is 0.583. The lowest BCUT2D eigenvalue weighted by Crippen LogP contribution is -2.20. The molecule has 0 aliphatic carbocycles. The van der Waals surface area contributed by atoms with E-state index in [1.165, 1.54) is 0 Å². The molecule has 0 radical (unpaired) electrons. The summed E-state index contributed by atoms with van der Waals surface area (Å²) in [5.74, 6) is -0.318. The zero-order valence-electron chi connectivity index (χ0n) is 11.8. The smallest absolute Gasteiger partial charge is 0.195 e. The van der Waals surface area contributed by atoms with Crippen LogP contribution in [0.2, 0.25) is 0 Å². The van der Waals surface area contributed by atoms with E-state index in [9.17, 15) is 8.42 Å². The molecule has 1 heterocycles. The zero-order valence-corrected chi connectivity index (χ0v) is 12.6. The predicted octanol–water partition coefficient (Wildman–Crippen LogP) is 0.546. The number of hydrogen-bond donors (Lipinski definition) is 1. The van der Waals surface area contributed by atoms with Gasteiger partial charge in [-0.1, -0.05) is 0 Å². The molecule has 0 unspecified atom stereocenters. The summed E-state index contributed by atoms with van der Waals surface area (Å²) >= 11 is 0. The third-order valence-corrected chi connectivity index (χ3v) is 4.79. The lowest BCUT2D eigenvalue weighted by atomic mass is 10.3. The van der Waals surface area contributed by atoms with E-state index in [2.05, 4.69) is 0 Å². The molecule has 106 valence electrons. The van der Waals surface area contributed by atoms with Crippen LogP contribution in [-0.2, 0) is 16.4 Å². The number of rotatable bonds is 5. The number of anilines is 1. The van der Waals surface area contributed by atoms with Crippen molar-refractivity contribution < 1.29 is 8.42 Å². The lowest BCUT2D eigenvalue weighted by molar-refractivity contribution is 0.383. The van der Waals surface area contributed by atoms with E-state index in [-0.39, 0.29) is 10.7 Å². The first-order valence-corrected chi connectivity index (χ1v) is 7.57. The summed E-state index contributed by atoms with van der Waals surface area (Å²) in [7, 11) is 0.247. The third-order valence-electron chi connectivity index (χ3n) is 3.15. The van der Waals surface area contributed by atoms with Crippen LogP contribution < -0.4 is 5.73 Å². The van der Waals surface area contributed by atoms with Gasteiger partial charge in [-0.2, -0.15) is 5.26 Å². The Labute approximate surface area is 114 Å². The number of aromatic nitrogens is 1. The summed E-state index contributed by atoms with van der Waals surface area (Å²) in [6, 6.07) is 1.68.